The van der Waals surface area contributed by atoms with E-state index < -0.39 is 5.91 Å². The molecular formula is C28H19BrI2N2O4. The number of nitrogens with one attached hydrogen (secondary N) is 1. The smallest absolute Gasteiger partial charge is 0.307 e. The summed E-state index contributed by atoms with van der Waals surface area (Å²) in [6.45, 7) is 0.410. The van der Waals surface area contributed by atoms with Gasteiger partial charge in [-0.05, 0) is 103 Å². The fraction of sp³-hybridized carbons (Fsp3) is 0.0714. The van der Waals surface area contributed by atoms with Crippen molar-refractivity contribution in [3.8, 4) is 11.5 Å². The Morgan fingerprint density at radius 1 is 1.00 bits per heavy atom. The first-order chi connectivity index (χ1) is 17.9. The zero-order valence-electron chi connectivity index (χ0n) is 19.4. The van der Waals surface area contributed by atoms with Crippen LogP contribution >= 0.6 is 61.1 Å². The molecule has 0 saturated heterocycles. The van der Waals surface area contributed by atoms with E-state index in [2.05, 4.69) is 102 Å². The van der Waals surface area contributed by atoms with Gasteiger partial charge in [0.15, 0.2) is 17.3 Å². The number of nitrogens with zero attached hydrogens (tertiary/aromatic N) is 1. The lowest BCUT2D eigenvalue weighted by Crippen LogP contribution is -2.16. The van der Waals surface area contributed by atoms with Crippen molar-refractivity contribution in [2.75, 3.05) is 7.11 Å². The van der Waals surface area contributed by atoms with E-state index in [-0.39, 0.29) is 5.76 Å². The highest BCUT2D eigenvalue weighted by Gasteiger charge is 2.15. The van der Waals surface area contributed by atoms with Gasteiger partial charge in [-0.25, -0.2) is 5.43 Å². The van der Waals surface area contributed by atoms with E-state index in [0.717, 1.165) is 28.1 Å². The Bertz CT molecular complexity index is 1670. The van der Waals surface area contributed by atoms with Crippen LogP contribution in [0.15, 0.2) is 86.8 Å². The van der Waals surface area contributed by atoms with E-state index in [1.54, 1.807) is 19.4 Å². The SMILES string of the molecule is COc1cc(/C=N\NC(=O)c2cc3cc(Br)cc(I)c3o2)cc(I)c1OCc1ccc2ccccc2c1. The molecule has 4 aromatic carbocycles. The molecule has 1 N–H and O–H groups in total. The third-order valence-corrected chi connectivity index (χ3v) is 7.65. The average Bonchev–Trinajstić information content (AvgIpc) is 3.32. The minimum absolute atomic E-state index is 0.188. The number of rotatable bonds is 7. The predicted octanol–water partition coefficient (Wildman–Crippen LogP) is 7.91. The molecule has 0 aliphatic carbocycles. The maximum atomic E-state index is 12.6. The van der Waals surface area contributed by atoms with E-state index in [0.29, 0.717) is 23.7 Å². The van der Waals surface area contributed by atoms with Gasteiger partial charge < -0.3 is 13.9 Å². The monoisotopic (exact) mass is 780 g/mol. The van der Waals surface area contributed by atoms with Crippen molar-refractivity contribution in [1.82, 2.24) is 5.43 Å². The molecule has 0 aliphatic heterocycles. The molecule has 0 bridgehead atoms. The highest BCUT2D eigenvalue weighted by molar-refractivity contribution is 14.1. The number of benzene rings is 4. The molecule has 5 aromatic rings. The zero-order chi connectivity index (χ0) is 25.9. The summed E-state index contributed by atoms with van der Waals surface area (Å²) in [6, 6.07) is 23.8. The Morgan fingerprint density at radius 2 is 1.81 bits per heavy atom. The number of hydrogen-bond donors (Lipinski definition) is 1. The third-order valence-electron chi connectivity index (χ3n) is 5.59. The van der Waals surface area contributed by atoms with E-state index in [1.165, 1.54) is 10.8 Å². The third kappa shape index (κ3) is 5.93. The molecule has 1 amide bonds. The lowest BCUT2D eigenvalue weighted by molar-refractivity contribution is 0.0929. The molecule has 9 heteroatoms. The predicted molar refractivity (Wildman–Crippen MR) is 166 cm³/mol. The number of hydrogen-bond acceptors (Lipinski definition) is 5. The molecule has 0 spiro atoms. The number of amides is 1. The molecule has 0 unspecified atom stereocenters. The van der Waals surface area contributed by atoms with Gasteiger partial charge in [-0.15, -0.1) is 0 Å². The summed E-state index contributed by atoms with van der Waals surface area (Å²) in [7, 11) is 1.60. The maximum absolute atomic E-state index is 12.6. The fourth-order valence-electron chi connectivity index (χ4n) is 3.85. The van der Waals surface area contributed by atoms with Gasteiger partial charge in [-0.1, -0.05) is 52.3 Å². The van der Waals surface area contributed by atoms with E-state index in [4.69, 9.17) is 13.9 Å². The van der Waals surface area contributed by atoms with E-state index >= 15 is 0 Å². The van der Waals surface area contributed by atoms with Crippen molar-refractivity contribution in [2.45, 2.75) is 6.61 Å². The summed E-state index contributed by atoms with van der Waals surface area (Å²) in [4.78, 5) is 12.6. The molecule has 0 saturated carbocycles. The van der Waals surface area contributed by atoms with Crippen LogP contribution in [0.1, 0.15) is 21.7 Å². The molecule has 5 rings (SSSR count). The van der Waals surface area contributed by atoms with Crippen molar-refractivity contribution >= 4 is 95.0 Å². The normalized spacial score (nSPS) is 11.4. The molecule has 186 valence electrons. The van der Waals surface area contributed by atoms with Crippen molar-refractivity contribution in [1.29, 1.82) is 0 Å². The van der Waals surface area contributed by atoms with Crippen LogP contribution in [0, 0.1) is 7.14 Å². The van der Waals surface area contributed by atoms with Gasteiger partial charge in [0.1, 0.15) is 12.2 Å². The molecule has 0 atom stereocenters. The minimum Gasteiger partial charge on any atom is -0.493 e. The summed E-state index contributed by atoms with van der Waals surface area (Å²) >= 11 is 7.84. The van der Waals surface area contributed by atoms with Crippen LogP contribution in [-0.2, 0) is 6.61 Å². The van der Waals surface area contributed by atoms with Crippen LogP contribution in [-0.4, -0.2) is 19.2 Å². The number of hydrazone groups is 1. The Morgan fingerprint density at radius 3 is 2.62 bits per heavy atom. The molecule has 0 aliphatic rings. The lowest BCUT2D eigenvalue weighted by atomic mass is 10.1. The van der Waals surface area contributed by atoms with Gasteiger partial charge in [0.25, 0.3) is 0 Å². The average molecular weight is 781 g/mol. The van der Waals surface area contributed by atoms with Gasteiger partial charge in [-0.3, -0.25) is 4.79 Å². The van der Waals surface area contributed by atoms with Crippen molar-refractivity contribution in [3.63, 3.8) is 0 Å². The molecule has 1 aromatic heterocycles. The van der Waals surface area contributed by atoms with E-state index in [9.17, 15) is 4.79 Å². The lowest BCUT2D eigenvalue weighted by Gasteiger charge is -2.14. The van der Waals surface area contributed by atoms with Crippen LogP contribution in [0.3, 0.4) is 0 Å². The number of carbonyl (C=O) groups excluding carboxylic acids is 1. The Hall–Kier alpha value is -2.64. The minimum atomic E-state index is -0.434. The van der Waals surface area contributed by atoms with Crippen molar-refractivity contribution < 1.29 is 18.7 Å². The van der Waals surface area contributed by atoms with Gasteiger partial charge in [0.05, 0.1) is 20.5 Å². The summed E-state index contributed by atoms with van der Waals surface area (Å²) in [6.07, 6.45) is 1.55. The standard InChI is InChI=1S/C28H19BrI2N2O4/c1-35-24-10-17(14-32-33-28(34)25-12-20-11-21(29)13-23(31)26(20)37-25)9-22(30)27(24)36-15-16-6-7-18-4-2-3-5-19(18)8-16/h2-14H,15H2,1H3,(H,33,34)/b32-14-. The summed E-state index contributed by atoms with van der Waals surface area (Å²) < 4.78 is 20.1. The van der Waals surface area contributed by atoms with Crippen LogP contribution < -0.4 is 14.9 Å². The first-order valence-electron chi connectivity index (χ1n) is 11.1. The molecule has 37 heavy (non-hydrogen) atoms. The Kier molecular flexibility index (Phi) is 8.01. The fourth-order valence-corrected chi connectivity index (χ4v) is 6.29. The molecule has 1 heterocycles. The molecular weight excluding hydrogens is 762 g/mol. The highest BCUT2D eigenvalue weighted by atomic mass is 127. The van der Waals surface area contributed by atoms with Crippen LogP contribution in [0.5, 0.6) is 11.5 Å². The molecule has 0 fully saturated rings. The maximum Gasteiger partial charge on any atom is 0.307 e. The van der Waals surface area contributed by atoms with Crippen LogP contribution in [0.2, 0.25) is 0 Å². The first-order valence-corrected chi connectivity index (χ1v) is 14.1. The van der Waals surface area contributed by atoms with E-state index in [1.807, 2.05) is 36.4 Å². The number of fused-ring (bicyclic) bond motifs is 2. The summed E-state index contributed by atoms with van der Waals surface area (Å²) in [5.74, 6) is 0.988. The second kappa shape index (κ2) is 11.4. The molecule has 0 radical (unpaired) electrons. The first kappa shape index (κ1) is 26.0. The summed E-state index contributed by atoms with van der Waals surface area (Å²) in [5, 5.41) is 7.30. The number of carbonyl (C=O) groups is 1. The summed E-state index contributed by atoms with van der Waals surface area (Å²) in [5.41, 5.74) is 5.01. The topological polar surface area (TPSA) is 73.1 Å². The van der Waals surface area contributed by atoms with Crippen molar-refractivity contribution in [2.24, 2.45) is 5.10 Å². The highest BCUT2D eigenvalue weighted by Crippen LogP contribution is 2.34. The zero-order valence-corrected chi connectivity index (χ0v) is 25.3. The van der Waals surface area contributed by atoms with Gasteiger partial charge in [0, 0.05) is 9.86 Å². The van der Waals surface area contributed by atoms with Gasteiger partial charge in [0.2, 0.25) is 0 Å². The number of halogens is 3. The van der Waals surface area contributed by atoms with Gasteiger partial charge >= 0.3 is 5.91 Å². The second-order valence-electron chi connectivity index (χ2n) is 8.12. The van der Waals surface area contributed by atoms with Crippen LogP contribution in [0.4, 0.5) is 0 Å². The Balaban J connectivity index is 1.28. The van der Waals surface area contributed by atoms with Crippen LogP contribution in [0.25, 0.3) is 21.7 Å². The quantitative estimate of drug-likeness (QED) is 0.104. The van der Waals surface area contributed by atoms with Crippen molar-refractivity contribution in [3.05, 3.63) is 101 Å². The number of methoxy groups -OCH3 is 1. The van der Waals surface area contributed by atoms with Gasteiger partial charge in [-0.2, -0.15) is 5.10 Å². The number of furan rings is 1. The largest absolute Gasteiger partial charge is 0.493 e. The number of ether oxygens (including phenoxy) is 2. The molecule has 6 nitrogen and oxygen atoms in total. The Labute approximate surface area is 248 Å². The second-order valence-corrected chi connectivity index (χ2v) is 11.4.